The van der Waals surface area contributed by atoms with Crippen LogP contribution in [0.1, 0.15) is 22.6 Å². The molecule has 8 heteroatoms. The van der Waals surface area contributed by atoms with E-state index in [1.54, 1.807) is 6.07 Å². The predicted molar refractivity (Wildman–Crippen MR) is 110 cm³/mol. The lowest BCUT2D eigenvalue weighted by Crippen LogP contribution is -2.37. The van der Waals surface area contributed by atoms with Crippen LogP contribution >= 0.6 is 11.3 Å². The fraction of sp³-hybridized carbons (Fsp3) is 0.350. The summed E-state index contributed by atoms with van der Waals surface area (Å²) in [6, 6.07) is 11.9. The monoisotopic (exact) mass is 417 g/mol. The van der Waals surface area contributed by atoms with Gasteiger partial charge in [0, 0.05) is 31.1 Å². The van der Waals surface area contributed by atoms with E-state index in [4.69, 9.17) is 4.52 Å². The molecular formula is C20H23N3O3S2. The minimum absolute atomic E-state index is 0.312. The van der Waals surface area contributed by atoms with E-state index in [1.165, 1.54) is 22.5 Å². The van der Waals surface area contributed by atoms with Gasteiger partial charge in [-0.25, -0.2) is 13.1 Å². The van der Waals surface area contributed by atoms with E-state index in [0.717, 1.165) is 35.6 Å². The number of hydrogen-bond donors (Lipinski definition) is 1. The Labute approximate surface area is 169 Å². The minimum Gasteiger partial charge on any atom is -0.361 e. The van der Waals surface area contributed by atoms with Crippen molar-refractivity contribution in [1.82, 2.24) is 14.8 Å². The molecule has 0 aliphatic carbocycles. The average molecular weight is 418 g/mol. The summed E-state index contributed by atoms with van der Waals surface area (Å²) < 4.78 is 33.6. The molecule has 4 rings (SSSR count). The molecule has 0 radical (unpaired) electrons. The Morgan fingerprint density at radius 3 is 2.71 bits per heavy atom. The molecule has 28 heavy (non-hydrogen) atoms. The number of sulfonamides is 1. The van der Waals surface area contributed by atoms with E-state index >= 15 is 0 Å². The summed E-state index contributed by atoms with van der Waals surface area (Å²) in [5.74, 6) is 0.696. The Balaban J connectivity index is 1.38. The number of nitrogens with zero attached hydrogens (tertiary/aromatic N) is 2. The van der Waals surface area contributed by atoms with Crippen molar-refractivity contribution in [3.8, 4) is 10.4 Å². The molecular weight excluding hydrogens is 394 g/mol. The van der Waals surface area contributed by atoms with Crippen molar-refractivity contribution in [3.63, 3.8) is 0 Å². The molecule has 2 aromatic heterocycles. The van der Waals surface area contributed by atoms with Crippen LogP contribution in [0.3, 0.4) is 0 Å². The number of fused-ring (bicyclic) bond motifs is 1. The van der Waals surface area contributed by atoms with Crippen molar-refractivity contribution in [2.75, 3.05) is 19.6 Å². The fourth-order valence-electron chi connectivity index (χ4n) is 3.59. The summed E-state index contributed by atoms with van der Waals surface area (Å²) in [7, 11) is -3.53. The highest BCUT2D eigenvalue weighted by atomic mass is 32.2. The molecule has 0 unspecified atom stereocenters. The van der Waals surface area contributed by atoms with Gasteiger partial charge in [0.1, 0.15) is 9.97 Å². The van der Waals surface area contributed by atoms with E-state index in [2.05, 4.69) is 39.0 Å². The zero-order valence-corrected chi connectivity index (χ0v) is 17.6. The first-order chi connectivity index (χ1) is 13.4. The Kier molecular flexibility index (Phi) is 5.37. The second kappa shape index (κ2) is 7.79. The minimum atomic E-state index is -3.53. The first-order valence-corrected chi connectivity index (χ1v) is 11.6. The maximum absolute atomic E-state index is 12.7. The molecule has 148 valence electrons. The summed E-state index contributed by atoms with van der Waals surface area (Å²) >= 11 is 1.24. The lowest BCUT2D eigenvalue weighted by Gasteiger charge is -2.28. The normalized spacial score (nSPS) is 14.9. The smallest absolute Gasteiger partial charge is 0.250 e. The molecule has 0 saturated heterocycles. The number of hydrogen-bond acceptors (Lipinski definition) is 6. The summed E-state index contributed by atoms with van der Waals surface area (Å²) in [6.45, 7) is 6.59. The molecule has 0 spiro atoms. The van der Waals surface area contributed by atoms with Gasteiger partial charge in [-0.15, -0.1) is 11.3 Å². The van der Waals surface area contributed by atoms with Gasteiger partial charge in [0.25, 0.3) is 0 Å². The van der Waals surface area contributed by atoms with E-state index in [1.807, 2.05) is 19.9 Å². The Morgan fingerprint density at radius 1 is 1.18 bits per heavy atom. The summed E-state index contributed by atoms with van der Waals surface area (Å²) in [4.78, 5) is 3.14. The van der Waals surface area contributed by atoms with Crippen molar-refractivity contribution >= 4 is 21.4 Å². The van der Waals surface area contributed by atoms with Crippen molar-refractivity contribution in [2.24, 2.45) is 0 Å². The van der Waals surface area contributed by atoms with Gasteiger partial charge in [0.05, 0.1) is 11.3 Å². The van der Waals surface area contributed by atoms with Gasteiger partial charge in [-0.1, -0.05) is 29.4 Å². The zero-order chi connectivity index (χ0) is 19.7. The standard InChI is InChI=1S/C20H23N3O3S2/c1-14-20(15(2)26-22-14)18-7-8-19(27-18)28(24,25)21-10-12-23-11-9-16-5-3-4-6-17(16)13-23/h3-8,21H,9-13H2,1-2H3. The fourth-order valence-corrected chi connectivity index (χ4v) is 6.10. The topological polar surface area (TPSA) is 75.4 Å². The quantitative estimate of drug-likeness (QED) is 0.666. The molecule has 3 heterocycles. The zero-order valence-electron chi connectivity index (χ0n) is 15.9. The summed E-state index contributed by atoms with van der Waals surface area (Å²) in [5, 5.41) is 3.94. The highest BCUT2D eigenvalue weighted by Crippen LogP contribution is 2.34. The highest BCUT2D eigenvalue weighted by molar-refractivity contribution is 7.91. The third-order valence-electron chi connectivity index (χ3n) is 5.06. The lowest BCUT2D eigenvalue weighted by molar-refractivity contribution is 0.258. The average Bonchev–Trinajstić information content (AvgIpc) is 3.28. The van der Waals surface area contributed by atoms with Gasteiger partial charge in [0.2, 0.25) is 10.0 Å². The summed E-state index contributed by atoms with van der Waals surface area (Å²) in [5.41, 5.74) is 4.36. The second-order valence-corrected chi connectivity index (χ2v) is 10.1. The third kappa shape index (κ3) is 3.91. The number of aryl methyl sites for hydroxylation is 2. The molecule has 1 aliphatic heterocycles. The first-order valence-electron chi connectivity index (χ1n) is 9.26. The van der Waals surface area contributed by atoms with Crippen LogP contribution in [0.5, 0.6) is 0 Å². The molecule has 0 bridgehead atoms. The van der Waals surface area contributed by atoms with E-state index in [0.29, 0.717) is 23.1 Å². The van der Waals surface area contributed by atoms with Gasteiger partial charge < -0.3 is 4.52 Å². The van der Waals surface area contributed by atoms with Crippen LogP contribution < -0.4 is 4.72 Å². The molecule has 0 fully saturated rings. The van der Waals surface area contributed by atoms with Gasteiger partial charge in [-0.3, -0.25) is 4.90 Å². The van der Waals surface area contributed by atoms with E-state index < -0.39 is 10.0 Å². The molecule has 1 aromatic carbocycles. The molecule has 0 amide bonds. The van der Waals surface area contributed by atoms with E-state index in [9.17, 15) is 8.42 Å². The molecule has 6 nitrogen and oxygen atoms in total. The SMILES string of the molecule is Cc1noc(C)c1-c1ccc(S(=O)(=O)NCCN2CCc3ccccc3C2)s1. The van der Waals surface area contributed by atoms with Gasteiger partial charge in [0.15, 0.2) is 0 Å². The van der Waals surface area contributed by atoms with Crippen LogP contribution in [0.2, 0.25) is 0 Å². The van der Waals surface area contributed by atoms with Crippen molar-refractivity contribution < 1.29 is 12.9 Å². The first kappa shape index (κ1) is 19.3. The van der Waals surface area contributed by atoms with Crippen LogP contribution in [0.15, 0.2) is 45.1 Å². The van der Waals surface area contributed by atoms with Crippen LogP contribution in [0, 0.1) is 13.8 Å². The van der Waals surface area contributed by atoms with Gasteiger partial charge in [-0.2, -0.15) is 0 Å². The van der Waals surface area contributed by atoms with Gasteiger partial charge in [-0.05, 0) is 43.5 Å². The lowest BCUT2D eigenvalue weighted by atomic mass is 10.0. The maximum atomic E-state index is 12.7. The molecule has 0 atom stereocenters. The van der Waals surface area contributed by atoms with Crippen molar-refractivity contribution in [1.29, 1.82) is 0 Å². The van der Waals surface area contributed by atoms with E-state index in [-0.39, 0.29) is 0 Å². The predicted octanol–water partition coefficient (Wildman–Crippen LogP) is 3.36. The molecule has 1 N–H and O–H groups in total. The van der Waals surface area contributed by atoms with Crippen molar-refractivity contribution in [2.45, 2.75) is 31.0 Å². The van der Waals surface area contributed by atoms with Crippen LogP contribution in [0.25, 0.3) is 10.4 Å². The number of aromatic nitrogens is 1. The number of nitrogens with one attached hydrogen (secondary N) is 1. The molecule has 1 aliphatic rings. The number of thiophene rings is 1. The molecule has 3 aromatic rings. The van der Waals surface area contributed by atoms with Gasteiger partial charge >= 0.3 is 0 Å². The molecule has 0 saturated carbocycles. The van der Waals surface area contributed by atoms with Crippen LogP contribution in [-0.2, 0) is 23.0 Å². The Morgan fingerprint density at radius 2 is 1.96 bits per heavy atom. The Hall–Kier alpha value is -2.00. The van der Waals surface area contributed by atoms with Crippen LogP contribution in [0.4, 0.5) is 0 Å². The highest BCUT2D eigenvalue weighted by Gasteiger charge is 2.21. The summed E-state index contributed by atoms with van der Waals surface area (Å²) in [6.07, 6.45) is 1.01. The van der Waals surface area contributed by atoms with Crippen LogP contribution in [-0.4, -0.2) is 38.1 Å². The largest absolute Gasteiger partial charge is 0.361 e. The third-order valence-corrected chi connectivity index (χ3v) is 8.11. The second-order valence-electron chi connectivity index (χ2n) is 7.01. The number of rotatable bonds is 6. The maximum Gasteiger partial charge on any atom is 0.250 e. The van der Waals surface area contributed by atoms with Crippen molar-refractivity contribution in [3.05, 3.63) is 59.0 Å². The number of benzene rings is 1. The Bertz CT molecular complexity index is 1070.